The molecule has 0 aliphatic rings. The van der Waals surface area contributed by atoms with Crippen molar-refractivity contribution in [2.45, 2.75) is 13.8 Å². The molecule has 0 saturated carbocycles. The molecule has 2 rings (SSSR count). The molecule has 0 spiro atoms. The van der Waals surface area contributed by atoms with Crippen molar-refractivity contribution in [3.8, 4) is 0 Å². The molecule has 0 aliphatic carbocycles. The number of hydrogen-bond acceptors (Lipinski definition) is 6. The largest absolute Gasteiger partial charge is 0.468 e. The van der Waals surface area contributed by atoms with Crippen LogP contribution in [-0.4, -0.2) is 36.6 Å². The first-order valence-electron chi connectivity index (χ1n) is 7.11. The zero-order chi connectivity index (χ0) is 17.7. The average molecular weight is 331 g/mol. The third-order valence-corrected chi connectivity index (χ3v) is 3.29. The van der Waals surface area contributed by atoms with Gasteiger partial charge < -0.3 is 19.9 Å². The molecule has 2 amide bonds. The van der Waals surface area contributed by atoms with Gasteiger partial charge in [0.2, 0.25) is 0 Å². The van der Waals surface area contributed by atoms with E-state index in [0.29, 0.717) is 28.3 Å². The van der Waals surface area contributed by atoms with Crippen LogP contribution in [0, 0.1) is 13.8 Å². The van der Waals surface area contributed by atoms with Gasteiger partial charge in [0.15, 0.2) is 0 Å². The summed E-state index contributed by atoms with van der Waals surface area (Å²) in [7, 11) is 1.24. The fourth-order valence-corrected chi connectivity index (χ4v) is 2.03. The summed E-state index contributed by atoms with van der Waals surface area (Å²) in [5.41, 5.74) is 1.76. The lowest BCUT2D eigenvalue weighted by molar-refractivity contribution is -0.139. The number of aryl methyl sites for hydroxylation is 2. The molecule has 1 aromatic heterocycles. The molecule has 0 atom stereocenters. The first kappa shape index (κ1) is 17.2. The van der Waals surface area contributed by atoms with Crippen LogP contribution in [0.25, 0.3) is 0 Å². The Kier molecular flexibility index (Phi) is 5.31. The Balaban J connectivity index is 2.00. The predicted molar refractivity (Wildman–Crippen MR) is 84.7 cm³/mol. The van der Waals surface area contributed by atoms with E-state index in [4.69, 9.17) is 4.52 Å². The number of aromatic nitrogens is 1. The third kappa shape index (κ3) is 3.97. The van der Waals surface area contributed by atoms with Crippen LogP contribution in [-0.2, 0) is 9.53 Å². The smallest absolute Gasteiger partial charge is 0.325 e. The van der Waals surface area contributed by atoms with Gasteiger partial charge in [0.05, 0.1) is 12.8 Å². The highest BCUT2D eigenvalue weighted by Gasteiger charge is 2.17. The Morgan fingerprint density at radius 3 is 2.33 bits per heavy atom. The molecular weight excluding hydrogens is 314 g/mol. The first-order valence-corrected chi connectivity index (χ1v) is 7.11. The quantitative estimate of drug-likeness (QED) is 0.802. The number of ether oxygens (including phenoxy) is 1. The van der Waals surface area contributed by atoms with E-state index in [1.54, 1.807) is 26.0 Å². The molecule has 24 heavy (non-hydrogen) atoms. The van der Waals surface area contributed by atoms with E-state index in [2.05, 4.69) is 20.5 Å². The Morgan fingerprint density at radius 2 is 1.79 bits per heavy atom. The van der Waals surface area contributed by atoms with Gasteiger partial charge in [-0.25, -0.2) is 0 Å². The second kappa shape index (κ2) is 7.40. The van der Waals surface area contributed by atoms with Crippen molar-refractivity contribution >= 4 is 23.5 Å². The van der Waals surface area contributed by atoms with Gasteiger partial charge in [0.1, 0.15) is 17.9 Å². The van der Waals surface area contributed by atoms with Gasteiger partial charge in [-0.2, -0.15) is 0 Å². The van der Waals surface area contributed by atoms with Gasteiger partial charge >= 0.3 is 5.97 Å². The van der Waals surface area contributed by atoms with E-state index in [-0.39, 0.29) is 12.5 Å². The fraction of sp³-hybridized carbons (Fsp3) is 0.250. The highest BCUT2D eigenvalue weighted by Crippen LogP contribution is 2.16. The molecular formula is C16H17N3O5. The number of amides is 2. The van der Waals surface area contributed by atoms with Crippen molar-refractivity contribution < 1.29 is 23.6 Å². The molecule has 0 bridgehead atoms. The second-order valence-electron chi connectivity index (χ2n) is 4.99. The van der Waals surface area contributed by atoms with Crippen molar-refractivity contribution in [3.63, 3.8) is 0 Å². The summed E-state index contributed by atoms with van der Waals surface area (Å²) in [6.45, 7) is 3.13. The van der Waals surface area contributed by atoms with Crippen LogP contribution in [0.2, 0.25) is 0 Å². The highest BCUT2D eigenvalue weighted by molar-refractivity contribution is 6.06. The molecule has 8 nitrogen and oxygen atoms in total. The van der Waals surface area contributed by atoms with Crippen molar-refractivity contribution in [2.75, 3.05) is 19.0 Å². The van der Waals surface area contributed by atoms with Gasteiger partial charge in [-0.05, 0) is 38.1 Å². The summed E-state index contributed by atoms with van der Waals surface area (Å²) in [4.78, 5) is 35.0. The molecule has 1 aromatic carbocycles. The zero-order valence-electron chi connectivity index (χ0n) is 13.5. The van der Waals surface area contributed by atoms with E-state index < -0.39 is 11.9 Å². The van der Waals surface area contributed by atoms with E-state index >= 15 is 0 Å². The number of esters is 1. The van der Waals surface area contributed by atoms with Crippen LogP contribution in [0.4, 0.5) is 5.69 Å². The number of hydrogen-bond donors (Lipinski definition) is 2. The highest BCUT2D eigenvalue weighted by atomic mass is 16.5. The number of benzene rings is 1. The van der Waals surface area contributed by atoms with Gasteiger partial charge in [-0.3, -0.25) is 14.4 Å². The van der Waals surface area contributed by atoms with Crippen LogP contribution >= 0.6 is 0 Å². The summed E-state index contributed by atoms with van der Waals surface area (Å²) in [5.74, 6) is -0.853. The second-order valence-corrected chi connectivity index (χ2v) is 4.99. The van der Waals surface area contributed by atoms with E-state index in [1.807, 2.05) is 0 Å². The number of methoxy groups -OCH3 is 1. The molecule has 2 aromatic rings. The molecule has 0 fully saturated rings. The fourth-order valence-electron chi connectivity index (χ4n) is 2.03. The van der Waals surface area contributed by atoms with Crippen molar-refractivity contribution in [1.29, 1.82) is 0 Å². The summed E-state index contributed by atoms with van der Waals surface area (Å²) in [6.07, 6.45) is 0. The topological polar surface area (TPSA) is 111 Å². The Labute approximate surface area is 138 Å². The lowest BCUT2D eigenvalue weighted by atomic mass is 10.1. The summed E-state index contributed by atoms with van der Waals surface area (Å²) >= 11 is 0. The maximum Gasteiger partial charge on any atom is 0.325 e. The molecule has 8 heteroatoms. The lowest BCUT2D eigenvalue weighted by Gasteiger charge is -2.07. The van der Waals surface area contributed by atoms with E-state index in [0.717, 1.165) is 0 Å². The van der Waals surface area contributed by atoms with Gasteiger partial charge in [0.25, 0.3) is 11.8 Å². The van der Waals surface area contributed by atoms with Crippen LogP contribution < -0.4 is 10.6 Å². The molecule has 0 unspecified atom stereocenters. The molecule has 1 heterocycles. The SMILES string of the molecule is COC(=O)CNC(=O)c1ccc(NC(=O)c2c(C)noc2C)cc1. The summed E-state index contributed by atoms with van der Waals surface area (Å²) in [6, 6.07) is 6.25. The maximum absolute atomic E-state index is 12.2. The summed E-state index contributed by atoms with van der Waals surface area (Å²) < 4.78 is 9.40. The van der Waals surface area contributed by atoms with Crippen molar-refractivity contribution in [2.24, 2.45) is 0 Å². The number of nitrogens with one attached hydrogen (secondary N) is 2. The standard InChI is InChI=1S/C16H17N3O5/c1-9-14(10(2)24-19-9)16(22)18-12-6-4-11(5-7-12)15(21)17-8-13(20)23-3/h4-7H,8H2,1-3H3,(H,17,21)(H,18,22). The number of anilines is 1. The molecule has 0 aliphatic heterocycles. The predicted octanol–water partition coefficient (Wildman–Crippen LogP) is 1.45. The number of carbonyl (C=O) groups excluding carboxylic acids is 3. The van der Waals surface area contributed by atoms with Crippen LogP contribution in [0.3, 0.4) is 0 Å². The molecule has 126 valence electrons. The van der Waals surface area contributed by atoms with Gasteiger partial charge in [-0.15, -0.1) is 0 Å². The van der Waals surface area contributed by atoms with Crippen LogP contribution in [0.15, 0.2) is 28.8 Å². The van der Waals surface area contributed by atoms with Crippen molar-refractivity contribution in [3.05, 3.63) is 46.8 Å². The monoisotopic (exact) mass is 331 g/mol. The van der Waals surface area contributed by atoms with Gasteiger partial charge in [-0.1, -0.05) is 5.16 Å². The summed E-state index contributed by atoms with van der Waals surface area (Å²) in [5, 5.41) is 8.86. The van der Waals surface area contributed by atoms with E-state index in [9.17, 15) is 14.4 Å². The maximum atomic E-state index is 12.2. The Bertz CT molecular complexity index is 745. The third-order valence-electron chi connectivity index (χ3n) is 3.29. The van der Waals surface area contributed by atoms with E-state index in [1.165, 1.54) is 19.2 Å². The molecule has 0 radical (unpaired) electrons. The van der Waals surface area contributed by atoms with Crippen LogP contribution in [0.5, 0.6) is 0 Å². The Hall–Kier alpha value is -3.16. The number of carbonyl (C=O) groups is 3. The molecule has 0 saturated heterocycles. The minimum Gasteiger partial charge on any atom is -0.468 e. The lowest BCUT2D eigenvalue weighted by Crippen LogP contribution is -2.30. The average Bonchev–Trinajstić information content (AvgIpc) is 2.91. The van der Waals surface area contributed by atoms with Crippen LogP contribution in [0.1, 0.15) is 32.2 Å². The van der Waals surface area contributed by atoms with Crippen molar-refractivity contribution in [1.82, 2.24) is 10.5 Å². The van der Waals surface area contributed by atoms with Gasteiger partial charge in [0, 0.05) is 11.3 Å². The number of nitrogens with zero attached hydrogens (tertiary/aromatic N) is 1. The first-order chi connectivity index (χ1) is 11.4. The number of rotatable bonds is 5. The minimum atomic E-state index is -0.535. The Morgan fingerprint density at radius 1 is 1.12 bits per heavy atom. The normalized spacial score (nSPS) is 10.1. The molecule has 2 N–H and O–H groups in total. The zero-order valence-corrected chi connectivity index (χ0v) is 13.5. The minimum absolute atomic E-state index is 0.208.